The summed E-state index contributed by atoms with van der Waals surface area (Å²) in [6.45, 7) is 1.50. The number of aryl methyl sites for hydroxylation is 1. The van der Waals surface area contributed by atoms with Crippen LogP contribution >= 0.6 is 23.7 Å². The number of carbonyl (C=O) groups excluding carboxylic acids is 1. The van der Waals surface area contributed by atoms with Crippen molar-refractivity contribution in [1.82, 2.24) is 9.88 Å². The molecule has 1 aromatic heterocycles. The normalized spacial score (nSPS) is 10.9. The summed E-state index contributed by atoms with van der Waals surface area (Å²) in [6.07, 6.45) is 1.98. The first-order valence-corrected chi connectivity index (χ1v) is 9.89. The third-order valence-corrected chi connectivity index (χ3v) is 5.37. The second kappa shape index (κ2) is 10.5. The first-order chi connectivity index (χ1) is 13.0. The zero-order valence-corrected chi connectivity index (χ0v) is 17.7. The van der Waals surface area contributed by atoms with E-state index < -0.39 is 0 Å². The summed E-state index contributed by atoms with van der Waals surface area (Å²) in [5.74, 6) is -0.232. The highest BCUT2D eigenvalue weighted by molar-refractivity contribution is 7.22. The van der Waals surface area contributed by atoms with Gasteiger partial charge in [0.05, 0.1) is 10.2 Å². The number of rotatable bonds is 8. The van der Waals surface area contributed by atoms with E-state index in [1.165, 1.54) is 23.5 Å². The summed E-state index contributed by atoms with van der Waals surface area (Å²) in [6, 6.07) is 14.5. The SMILES string of the molecule is CN(C)CCCN(C(=O)CCc1ccccc1)c1nc2ccc(F)cc2s1.Cl. The van der Waals surface area contributed by atoms with E-state index in [-0.39, 0.29) is 24.1 Å². The Morgan fingerprint density at radius 1 is 1.11 bits per heavy atom. The Morgan fingerprint density at radius 2 is 1.86 bits per heavy atom. The lowest BCUT2D eigenvalue weighted by atomic mass is 10.1. The first-order valence-electron chi connectivity index (χ1n) is 9.08. The molecule has 0 aliphatic heterocycles. The fraction of sp³-hybridized carbons (Fsp3) is 0.333. The lowest BCUT2D eigenvalue weighted by Crippen LogP contribution is -2.33. The van der Waals surface area contributed by atoms with Crippen LogP contribution in [0, 0.1) is 5.82 Å². The standard InChI is InChI=1S/C21H24FN3OS.ClH/c1-24(2)13-6-14-25(20(26)12-9-16-7-4-3-5-8-16)21-23-18-11-10-17(22)15-19(18)27-21;/h3-5,7-8,10-11,15H,6,9,12-14H2,1-2H3;1H. The van der Waals surface area contributed by atoms with Gasteiger partial charge in [-0.25, -0.2) is 9.37 Å². The Labute approximate surface area is 175 Å². The lowest BCUT2D eigenvalue weighted by Gasteiger charge is -2.21. The minimum atomic E-state index is -0.285. The molecule has 0 bridgehead atoms. The molecule has 0 atom stereocenters. The third-order valence-electron chi connectivity index (χ3n) is 4.33. The van der Waals surface area contributed by atoms with Crippen molar-refractivity contribution in [2.45, 2.75) is 19.3 Å². The number of benzene rings is 2. The predicted octanol–water partition coefficient (Wildman–Crippen LogP) is 4.77. The highest BCUT2D eigenvalue weighted by Crippen LogP contribution is 2.30. The van der Waals surface area contributed by atoms with Gasteiger partial charge in [-0.3, -0.25) is 9.69 Å². The van der Waals surface area contributed by atoms with Crippen LogP contribution in [0.1, 0.15) is 18.4 Å². The van der Waals surface area contributed by atoms with Gasteiger partial charge in [0.15, 0.2) is 5.13 Å². The Balaban J connectivity index is 0.00000280. The quantitative estimate of drug-likeness (QED) is 0.525. The topological polar surface area (TPSA) is 36.4 Å². The zero-order valence-electron chi connectivity index (χ0n) is 16.1. The van der Waals surface area contributed by atoms with Crippen molar-refractivity contribution in [2.24, 2.45) is 0 Å². The van der Waals surface area contributed by atoms with Gasteiger partial charge in [-0.05, 0) is 57.2 Å². The minimum absolute atomic E-state index is 0. The van der Waals surface area contributed by atoms with Crippen LogP contribution < -0.4 is 4.90 Å². The van der Waals surface area contributed by atoms with Crippen LogP contribution in [-0.4, -0.2) is 43.0 Å². The Kier molecular flexibility index (Phi) is 8.35. The summed E-state index contributed by atoms with van der Waals surface area (Å²) in [4.78, 5) is 21.4. The monoisotopic (exact) mass is 421 g/mol. The molecule has 3 rings (SSSR count). The molecule has 28 heavy (non-hydrogen) atoms. The minimum Gasteiger partial charge on any atom is -0.309 e. The van der Waals surface area contributed by atoms with Crippen molar-refractivity contribution in [2.75, 3.05) is 32.1 Å². The largest absolute Gasteiger partial charge is 0.309 e. The van der Waals surface area contributed by atoms with E-state index in [1.807, 2.05) is 44.4 Å². The van der Waals surface area contributed by atoms with Crippen LogP contribution in [-0.2, 0) is 11.2 Å². The van der Waals surface area contributed by atoms with Gasteiger partial charge in [0.2, 0.25) is 5.91 Å². The molecular weight excluding hydrogens is 397 g/mol. The molecule has 150 valence electrons. The highest BCUT2D eigenvalue weighted by atomic mass is 35.5. The maximum absolute atomic E-state index is 13.5. The summed E-state index contributed by atoms with van der Waals surface area (Å²) in [5, 5.41) is 0.646. The number of nitrogens with zero attached hydrogens (tertiary/aromatic N) is 3. The summed E-state index contributed by atoms with van der Waals surface area (Å²) < 4.78 is 14.3. The number of carbonyl (C=O) groups is 1. The van der Waals surface area contributed by atoms with E-state index in [0.29, 0.717) is 24.5 Å². The van der Waals surface area contributed by atoms with Crippen LogP contribution in [0.5, 0.6) is 0 Å². The number of thiazole rings is 1. The van der Waals surface area contributed by atoms with Gasteiger partial charge in [-0.15, -0.1) is 12.4 Å². The van der Waals surface area contributed by atoms with Crippen LogP contribution in [0.2, 0.25) is 0 Å². The maximum Gasteiger partial charge on any atom is 0.229 e. The molecule has 0 unspecified atom stereocenters. The molecule has 4 nitrogen and oxygen atoms in total. The van der Waals surface area contributed by atoms with E-state index >= 15 is 0 Å². The number of fused-ring (bicyclic) bond motifs is 1. The molecule has 1 heterocycles. The van der Waals surface area contributed by atoms with Crippen molar-refractivity contribution in [3.05, 3.63) is 59.9 Å². The third kappa shape index (κ3) is 5.99. The second-order valence-electron chi connectivity index (χ2n) is 6.80. The van der Waals surface area contributed by atoms with E-state index in [4.69, 9.17) is 0 Å². The molecule has 1 amide bonds. The zero-order chi connectivity index (χ0) is 19.2. The number of hydrogen-bond acceptors (Lipinski definition) is 4. The van der Waals surface area contributed by atoms with Crippen LogP contribution in [0.15, 0.2) is 48.5 Å². The molecule has 0 aliphatic rings. The average molecular weight is 422 g/mol. The van der Waals surface area contributed by atoms with Crippen molar-refractivity contribution < 1.29 is 9.18 Å². The van der Waals surface area contributed by atoms with Crippen molar-refractivity contribution in [3.8, 4) is 0 Å². The fourth-order valence-corrected chi connectivity index (χ4v) is 3.94. The molecule has 0 saturated heterocycles. The van der Waals surface area contributed by atoms with Crippen molar-refractivity contribution >= 4 is 45.0 Å². The van der Waals surface area contributed by atoms with Gasteiger partial charge >= 0.3 is 0 Å². The number of anilines is 1. The fourth-order valence-electron chi connectivity index (χ4n) is 2.90. The molecule has 7 heteroatoms. The van der Waals surface area contributed by atoms with Crippen LogP contribution in [0.4, 0.5) is 9.52 Å². The Hall–Kier alpha value is -2.02. The number of halogens is 2. The van der Waals surface area contributed by atoms with Gasteiger partial charge in [0.1, 0.15) is 5.82 Å². The van der Waals surface area contributed by atoms with Gasteiger partial charge in [-0.1, -0.05) is 41.7 Å². The van der Waals surface area contributed by atoms with E-state index in [9.17, 15) is 9.18 Å². The Morgan fingerprint density at radius 3 is 2.57 bits per heavy atom. The first kappa shape index (κ1) is 22.3. The van der Waals surface area contributed by atoms with E-state index in [1.54, 1.807) is 11.0 Å². The molecule has 0 spiro atoms. The predicted molar refractivity (Wildman–Crippen MR) is 117 cm³/mol. The van der Waals surface area contributed by atoms with Gasteiger partial charge in [0, 0.05) is 13.0 Å². The molecular formula is C21H25ClFN3OS. The number of amides is 1. The smallest absolute Gasteiger partial charge is 0.229 e. The van der Waals surface area contributed by atoms with Crippen LogP contribution in [0.3, 0.4) is 0 Å². The van der Waals surface area contributed by atoms with Gasteiger partial charge < -0.3 is 4.90 Å². The van der Waals surface area contributed by atoms with Gasteiger partial charge in [0.25, 0.3) is 0 Å². The highest BCUT2D eigenvalue weighted by Gasteiger charge is 2.19. The Bertz CT molecular complexity index is 901. The summed E-state index contributed by atoms with van der Waals surface area (Å²) >= 11 is 1.37. The lowest BCUT2D eigenvalue weighted by molar-refractivity contribution is -0.118. The molecule has 0 N–H and O–H groups in total. The molecule has 0 fully saturated rings. The number of aromatic nitrogens is 1. The summed E-state index contributed by atoms with van der Waals surface area (Å²) in [5.41, 5.74) is 1.87. The van der Waals surface area contributed by atoms with Crippen molar-refractivity contribution in [3.63, 3.8) is 0 Å². The molecule has 0 aliphatic carbocycles. The molecule has 3 aromatic rings. The summed E-state index contributed by atoms with van der Waals surface area (Å²) in [7, 11) is 4.03. The molecule has 2 aromatic carbocycles. The maximum atomic E-state index is 13.5. The molecule has 0 saturated carbocycles. The number of hydrogen-bond donors (Lipinski definition) is 0. The van der Waals surface area contributed by atoms with E-state index in [2.05, 4.69) is 9.88 Å². The average Bonchev–Trinajstić information content (AvgIpc) is 3.06. The van der Waals surface area contributed by atoms with Crippen molar-refractivity contribution in [1.29, 1.82) is 0 Å². The molecule has 0 radical (unpaired) electrons. The van der Waals surface area contributed by atoms with Gasteiger partial charge in [-0.2, -0.15) is 0 Å². The van der Waals surface area contributed by atoms with Crippen LogP contribution in [0.25, 0.3) is 10.2 Å². The second-order valence-corrected chi connectivity index (χ2v) is 7.81. The van der Waals surface area contributed by atoms with E-state index in [0.717, 1.165) is 28.7 Å².